The minimum atomic E-state index is -0.492. The van der Waals surface area contributed by atoms with Crippen LogP contribution < -0.4 is 10.6 Å². The van der Waals surface area contributed by atoms with Crippen molar-refractivity contribution >= 4 is 23.0 Å². The molecular formula is C16H16N4O5. The summed E-state index contributed by atoms with van der Waals surface area (Å²) in [7, 11) is 0. The van der Waals surface area contributed by atoms with Gasteiger partial charge in [0.25, 0.3) is 11.4 Å². The van der Waals surface area contributed by atoms with Crippen molar-refractivity contribution in [1.82, 2.24) is 5.32 Å². The number of rotatable bonds is 8. The van der Waals surface area contributed by atoms with Crippen molar-refractivity contribution < 1.29 is 14.6 Å². The van der Waals surface area contributed by atoms with Crippen LogP contribution in [-0.4, -0.2) is 28.8 Å². The Hall–Kier alpha value is -3.49. The third kappa shape index (κ3) is 5.57. The first-order chi connectivity index (χ1) is 12.0. The number of hydrogen-bond acceptors (Lipinski definition) is 6. The van der Waals surface area contributed by atoms with Crippen LogP contribution in [0.5, 0.6) is 0 Å². The summed E-state index contributed by atoms with van der Waals surface area (Å²) in [6, 6.07) is 11.8. The molecule has 25 heavy (non-hydrogen) atoms. The molecule has 1 amide bonds. The predicted octanol–water partition coefficient (Wildman–Crippen LogP) is 2.27. The van der Waals surface area contributed by atoms with Crippen molar-refractivity contribution in [2.75, 3.05) is 18.4 Å². The Kier molecular flexibility index (Phi) is 5.99. The molecule has 0 aliphatic carbocycles. The van der Waals surface area contributed by atoms with Crippen LogP contribution in [0.4, 0.5) is 17.1 Å². The fraction of sp³-hybridized carbons (Fsp3) is 0.188. The molecule has 0 saturated carbocycles. The van der Waals surface area contributed by atoms with E-state index in [-0.39, 0.29) is 23.7 Å². The molecule has 0 saturated heterocycles. The number of amides is 1. The maximum absolute atomic E-state index is 11.8. The van der Waals surface area contributed by atoms with Gasteiger partial charge in [0.05, 0.1) is 16.3 Å². The van der Waals surface area contributed by atoms with Crippen molar-refractivity contribution in [3.05, 3.63) is 74.3 Å². The summed E-state index contributed by atoms with van der Waals surface area (Å²) in [6.07, 6.45) is 0.134. The molecule has 130 valence electrons. The standard InChI is InChI=1S/C16H16N4O5/c21-16(11-12-1-5-14(6-2-12)19(22)23)18-10-9-17-13-3-7-15(8-4-13)20(24)25/h1-8,17H,9-11H2,(H,18,21). The molecule has 0 fully saturated rings. The third-order valence-electron chi connectivity index (χ3n) is 3.37. The Balaban J connectivity index is 1.71. The van der Waals surface area contributed by atoms with E-state index in [4.69, 9.17) is 0 Å². The van der Waals surface area contributed by atoms with Gasteiger partial charge < -0.3 is 10.6 Å². The second-order valence-corrected chi connectivity index (χ2v) is 5.18. The highest BCUT2D eigenvalue weighted by atomic mass is 16.6. The molecule has 0 heterocycles. The molecule has 0 spiro atoms. The predicted molar refractivity (Wildman–Crippen MR) is 91.4 cm³/mol. The van der Waals surface area contributed by atoms with Gasteiger partial charge in [0, 0.05) is 43.0 Å². The Bertz CT molecular complexity index is 759. The molecule has 0 atom stereocenters. The molecule has 0 bridgehead atoms. The van der Waals surface area contributed by atoms with E-state index in [2.05, 4.69) is 10.6 Å². The van der Waals surface area contributed by atoms with Crippen LogP contribution >= 0.6 is 0 Å². The zero-order valence-electron chi connectivity index (χ0n) is 13.2. The Morgan fingerprint density at radius 2 is 1.36 bits per heavy atom. The molecule has 9 nitrogen and oxygen atoms in total. The molecule has 0 aliphatic rings. The summed E-state index contributed by atoms with van der Waals surface area (Å²) < 4.78 is 0. The number of nitrogens with one attached hydrogen (secondary N) is 2. The number of benzene rings is 2. The summed E-state index contributed by atoms with van der Waals surface area (Å²) in [6.45, 7) is 0.840. The maximum atomic E-state index is 11.8. The van der Waals surface area contributed by atoms with Crippen LogP contribution in [0.15, 0.2) is 48.5 Å². The van der Waals surface area contributed by atoms with Crippen LogP contribution in [0.1, 0.15) is 5.56 Å². The zero-order valence-corrected chi connectivity index (χ0v) is 13.2. The lowest BCUT2D eigenvalue weighted by Crippen LogP contribution is -2.30. The first kappa shape index (κ1) is 17.9. The normalized spacial score (nSPS) is 10.1. The van der Waals surface area contributed by atoms with E-state index in [0.717, 1.165) is 5.69 Å². The summed E-state index contributed by atoms with van der Waals surface area (Å²) >= 11 is 0. The minimum absolute atomic E-state index is 0.0157. The summed E-state index contributed by atoms with van der Waals surface area (Å²) in [5, 5.41) is 26.9. The van der Waals surface area contributed by atoms with Crippen LogP contribution in [0.2, 0.25) is 0 Å². The highest BCUT2D eigenvalue weighted by Gasteiger charge is 2.07. The number of nitro groups is 2. The molecular weight excluding hydrogens is 328 g/mol. The monoisotopic (exact) mass is 344 g/mol. The Morgan fingerprint density at radius 3 is 1.88 bits per heavy atom. The van der Waals surface area contributed by atoms with Gasteiger partial charge in [0.15, 0.2) is 0 Å². The van der Waals surface area contributed by atoms with E-state index in [1.165, 1.54) is 24.3 Å². The van der Waals surface area contributed by atoms with Crippen LogP contribution in [0, 0.1) is 20.2 Å². The molecule has 2 aromatic rings. The number of nitrogens with zero attached hydrogens (tertiary/aromatic N) is 2. The molecule has 0 aromatic heterocycles. The topological polar surface area (TPSA) is 127 Å². The third-order valence-corrected chi connectivity index (χ3v) is 3.37. The van der Waals surface area contributed by atoms with Gasteiger partial charge in [0.2, 0.25) is 5.91 Å². The van der Waals surface area contributed by atoms with Gasteiger partial charge >= 0.3 is 0 Å². The van der Waals surface area contributed by atoms with Gasteiger partial charge in [-0.25, -0.2) is 0 Å². The molecule has 9 heteroatoms. The van der Waals surface area contributed by atoms with Gasteiger partial charge in [0.1, 0.15) is 0 Å². The van der Waals surface area contributed by atoms with E-state index in [1.54, 1.807) is 24.3 Å². The molecule has 2 rings (SSSR count). The van der Waals surface area contributed by atoms with E-state index >= 15 is 0 Å². The maximum Gasteiger partial charge on any atom is 0.269 e. The minimum Gasteiger partial charge on any atom is -0.383 e. The number of non-ortho nitro benzene ring substituents is 2. The smallest absolute Gasteiger partial charge is 0.269 e. The van der Waals surface area contributed by atoms with Crippen LogP contribution in [-0.2, 0) is 11.2 Å². The number of anilines is 1. The zero-order chi connectivity index (χ0) is 18.2. The van der Waals surface area contributed by atoms with Crippen molar-refractivity contribution in [1.29, 1.82) is 0 Å². The summed E-state index contributed by atoms with van der Waals surface area (Å²) in [4.78, 5) is 32.0. The summed E-state index contributed by atoms with van der Waals surface area (Å²) in [5.41, 5.74) is 1.40. The highest BCUT2D eigenvalue weighted by Crippen LogP contribution is 2.15. The molecule has 0 radical (unpaired) electrons. The van der Waals surface area contributed by atoms with Crippen molar-refractivity contribution in [2.24, 2.45) is 0 Å². The van der Waals surface area contributed by atoms with Gasteiger partial charge in [-0.3, -0.25) is 25.0 Å². The van der Waals surface area contributed by atoms with Gasteiger partial charge in [-0.15, -0.1) is 0 Å². The lowest BCUT2D eigenvalue weighted by Gasteiger charge is -2.08. The second-order valence-electron chi connectivity index (χ2n) is 5.18. The van der Waals surface area contributed by atoms with Crippen LogP contribution in [0.3, 0.4) is 0 Å². The first-order valence-corrected chi connectivity index (χ1v) is 7.44. The first-order valence-electron chi connectivity index (χ1n) is 7.44. The van der Waals surface area contributed by atoms with Gasteiger partial charge in [-0.1, -0.05) is 12.1 Å². The summed E-state index contributed by atoms with van der Waals surface area (Å²) in [5.74, 6) is -0.195. The van der Waals surface area contributed by atoms with E-state index in [0.29, 0.717) is 18.7 Å². The van der Waals surface area contributed by atoms with Crippen molar-refractivity contribution in [3.63, 3.8) is 0 Å². The van der Waals surface area contributed by atoms with E-state index < -0.39 is 9.85 Å². The lowest BCUT2D eigenvalue weighted by molar-refractivity contribution is -0.385. The van der Waals surface area contributed by atoms with Crippen LogP contribution in [0.25, 0.3) is 0 Å². The SMILES string of the molecule is O=C(Cc1ccc([N+](=O)[O-])cc1)NCCNc1ccc([N+](=O)[O-])cc1. The quantitative estimate of drug-likeness (QED) is 0.429. The van der Waals surface area contributed by atoms with Crippen molar-refractivity contribution in [3.8, 4) is 0 Å². The lowest BCUT2D eigenvalue weighted by atomic mass is 10.1. The van der Waals surface area contributed by atoms with Crippen molar-refractivity contribution in [2.45, 2.75) is 6.42 Å². The number of hydrogen-bond donors (Lipinski definition) is 2. The fourth-order valence-corrected chi connectivity index (χ4v) is 2.09. The molecule has 0 aliphatic heterocycles. The van der Waals surface area contributed by atoms with Gasteiger partial charge in [-0.05, 0) is 17.7 Å². The number of carbonyl (C=O) groups excluding carboxylic acids is 1. The van der Waals surface area contributed by atoms with Gasteiger partial charge in [-0.2, -0.15) is 0 Å². The van der Waals surface area contributed by atoms with E-state index in [1.807, 2.05) is 0 Å². The average molecular weight is 344 g/mol. The molecule has 0 unspecified atom stereocenters. The average Bonchev–Trinajstić information content (AvgIpc) is 2.59. The fourth-order valence-electron chi connectivity index (χ4n) is 2.09. The molecule has 2 N–H and O–H groups in total. The Morgan fingerprint density at radius 1 is 0.840 bits per heavy atom. The number of nitro benzene ring substituents is 2. The number of carbonyl (C=O) groups is 1. The Labute approximate surface area is 143 Å². The highest BCUT2D eigenvalue weighted by molar-refractivity contribution is 5.78. The second kappa shape index (κ2) is 8.39. The molecule has 2 aromatic carbocycles. The van der Waals surface area contributed by atoms with E-state index in [9.17, 15) is 25.0 Å². The largest absolute Gasteiger partial charge is 0.383 e.